The third-order valence-corrected chi connectivity index (χ3v) is 3.85. The summed E-state index contributed by atoms with van der Waals surface area (Å²) in [4.78, 5) is 11.9. The summed E-state index contributed by atoms with van der Waals surface area (Å²) in [5, 5.41) is 6.07. The Hall–Kier alpha value is -2.49. The Morgan fingerprint density at radius 1 is 1.04 bits per heavy atom. The predicted octanol–water partition coefficient (Wildman–Crippen LogP) is 3.08. The molecule has 0 aromatic heterocycles. The van der Waals surface area contributed by atoms with Crippen molar-refractivity contribution in [1.82, 2.24) is 5.32 Å². The Balaban J connectivity index is 1.71. The molecule has 4 nitrogen and oxygen atoms in total. The highest BCUT2D eigenvalue weighted by Gasteiger charge is 2.02. The fraction of sp³-hybridized carbons (Fsp3) is 0.316. The molecule has 0 spiro atoms. The zero-order chi connectivity index (χ0) is 16.7. The summed E-state index contributed by atoms with van der Waals surface area (Å²) < 4.78 is 5.12. The van der Waals surface area contributed by atoms with Crippen LogP contribution in [-0.2, 0) is 11.2 Å². The molecule has 2 N–H and O–H groups in total. The summed E-state index contributed by atoms with van der Waals surface area (Å²) in [6, 6.07) is 14.0. The number of anilines is 1. The molecule has 0 saturated carbocycles. The van der Waals surface area contributed by atoms with Crippen molar-refractivity contribution in [3.05, 3.63) is 59.2 Å². The fourth-order valence-corrected chi connectivity index (χ4v) is 2.23. The first-order valence-corrected chi connectivity index (χ1v) is 7.79. The maximum absolute atomic E-state index is 11.9. The van der Waals surface area contributed by atoms with E-state index < -0.39 is 0 Å². The first-order chi connectivity index (χ1) is 11.1. The van der Waals surface area contributed by atoms with Crippen molar-refractivity contribution in [3.8, 4) is 5.75 Å². The van der Waals surface area contributed by atoms with Crippen LogP contribution < -0.4 is 15.4 Å². The van der Waals surface area contributed by atoms with Gasteiger partial charge in [0.15, 0.2) is 0 Å². The van der Waals surface area contributed by atoms with Gasteiger partial charge >= 0.3 is 0 Å². The minimum atomic E-state index is -0.00302. The lowest BCUT2D eigenvalue weighted by Crippen LogP contribution is -2.31. The molecule has 2 aromatic rings. The highest BCUT2D eigenvalue weighted by atomic mass is 16.5. The third-order valence-electron chi connectivity index (χ3n) is 3.85. The standard InChI is InChI=1S/C19H24N2O2/c1-14-4-7-17(12-15(14)2)21-13-19(22)20-11-10-16-5-8-18(23-3)9-6-16/h4-9,12,21H,10-11,13H2,1-3H3,(H,20,22). The average Bonchev–Trinajstić information content (AvgIpc) is 2.56. The molecule has 0 atom stereocenters. The molecule has 0 aliphatic carbocycles. The molecule has 1 amide bonds. The maximum atomic E-state index is 11.9. The van der Waals surface area contributed by atoms with E-state index in [4.69, 9.17) is 4.74 Å². The minimum Gasteiger partial charge on any atom is -0.497 e. The SMILES string of the molecule is COc1ccc(CCNC(=O)CNc2ccc(C)c(C)c2)cc1. The van der Waals surface area contributed by atoms with Gasteiger partial charge in [-0.2, -0.15) is 0 Å². The lowest BCUT2D eigenvalue weighted by molar-refractivity contribution is -0.119. The number of nitrogens with one attached hydrogen (secondary N) is 2. The summed E-state index contributed by atoms with van der Waals surface area (Å²) >= 11 is 0. The Labute approximate surface area is 137 Å². The highest BCUT2D eigenvalue weighted by Crippen LogP contribution is 2.13. The molecule has 122 valence electrons. The van der Waals surface area contributed by atoms with Crippen LogP contribution in [0.3, 0.4) is 0 Å². The maximum Gasteiger partial charge on any atom is 0.239 e. The smallest absolute Gasteiger partial charge is 0.239 e. The van der Waals surface area contributed by atoms with Crippen LogP contribution in [0.2, 0.25) is 0 Å². The second-order valence-electron chi connectivity index (χ2n) is 5.60. The first-order valence-electron chi connectivity index (χ1n) is 7.79. The van der Waals surface area contributed by atoms with Gasteiger partial charge in [-0.15, -0.1) is 0 Å². The molecule has 0 heterocycles. The van der Waals surface area contributed by atoms with Crippen LogP contribution in [-0.4, -0.2) is 26.1 Å². The number of amides is 1. The van der Waals surface area contributed by atoms with Crippen LogP contribution in [0.1, 0.15) is 16.7 Å². The average molecular weight is 312 g/mol. The van der Waals surface area contributed by atoms with E-state index in [1.807, 2.05) is 30.3 Å². The molecule has 2 rings (SSSR count). The van der Waals surface area contributed by atoms with E-state index in [1.54, 1.807) is 7.11 Å². The van der Waals surface area contributed by atoms with Gasteiger partial charge in [-0.25, -0.2) is 0 Å². The number of methoxy groups -OCH3 is 1. The predicted molar refractivity (Wildman–Crippen MR) is 94.1 cm³/mol. The van der Waals surface area contributed by atoms with Crippen molar-refractivity contribution in [2.75, 3.05) is 25.5 Å². The Morgan fingerprint density at radius 3 is 2.43 bits per heavy atom. The molecule has 0 fully saturated rings. The highest BCUT2D eigenvalue weighted by molar-refractivity contribution is 5.80. The molecular weight excluding hydrogens is 288 g/mol. The van der Waals surface area contributed by atoms with Crippen molar-refractivity contribution in [2.24, 2.45) is 0 Å². The van der Waals surface area contributed by atoms with Gasteiger partial charge in [-0.05, 0) is 61.2 Å². The quantitative estimate of drug-likeness (QED) is 0.826. The Morgan fingerprint density at radius 2 is 1.78 bits per heavy atom. The first kappa shape index (κ1) is 16.9. The van der Waals surface area contributed by atoms with E-state index in [1.165, 1.54) is 16.7 Å². The number of carbonyl (C=O) groups excluding carboxylic acids is 1. The fourth-order valence-electron chi connectivity index (χ4n) is 2.23. The summed E-state index contributed by atoms with van der Waals surface area (Å²) in [7, 11) is 1.65. The summed E-state index contributed by atoms with van der Waals surface area (Å²) in [6.45, 7) is 5.05. The van der Waals surface area contributed by atoms with E-state index in [2.05, 4.69) is 36.6 Å². The van der Waals surface area contributed by atoms with Crippen LogP contribution in [0, 0.1) is 13.8 Å². The number of carbonyl (C=O) groups is 1. The van der Waals surface area contributed by atoms with Crippen LogP contribution >= 0.6 is 0 Å². The number of ether oxygens (including phenoxy) is 1. The number of hydrogen-bond acceptors (Lipinski definition) is 3. The summed E-state index contributed by atoms with van der Waals surface area (Å²) in [5.41, 5.74) is 4.61. The molecule has 0 aliphatic heterocycles. The number of benzene rings is 2. The summed E-state index contributed by atoms with van der Waals surface area (Å²) in [5.74, 6) is 0.840. The molecule has 0 aliphatic rings. The molecule has 23 heavy (non-hydrogen) atoms. The van der Waals surface area contributed by atoms with Gasteiger partial charge < -0.3 is 15.4 Å². The van der Waals surface area contributed by atoms with Crippen LogP contribution in [0.4, 0.5) is 5.69 Å². The second-order valence-corrected chi connectivity index (χ2v) is 5.60. The second kappa shape index (κ2) is 8.22. The van der Waals surface area contributed by atoms with E-state index in [-0.39, 0.29) is 12.5 Å². The van der Waals surface area contributed by atoms with Gasteiger partial charge in [0.2, 0.25) is 5.91 Å². The van der Waals surface area contributed by atoms with E-state index in [9.17, 15) is 4.79 Å². The Kier molecular flexibility index (Phi) is 6.03. The van der Waals surface area contributed by atoms with E-state index in [0.717, 1.165) is 17.9 Å². The molecule has 2 aromatic carbocycles. The van der Waals surface area contributed by atoms with Gasteiger partial charge in [-0.1, -0.05) is 18.2 Å². The summed E-state index contributed by atoms with van der Waals surface area (Å²) in [6.07, 6.45) is 0.805. The Bertz CT molecular complexity index is 651. The largest absolute Gasteiger partial charge is 0.497 e. The van der Waals surface area contributed by atoms with E-state index in [0.29, 0.717) is 6.54 Å². The van der Waals surface area contributed by atoms with Gasteiger partial charge in [0.05, 0.1) is 13.7 Å². The molecule has 0 unspecified atom stereocenters. The number of rotatable bonds is 7. The van der Waals surface area contributed by atoms with Gasteiger partial charge in [0.1, 0.15) is 5.75 Å². The van der Waals surface area contributed by atoms with Gasteiger partial charge in [-0.3, -0.25) is 4.79 Å². The molecule has 0 radical (unpaired) electrons. The van der Waals surface area contributed by atoms with Crippen molar-refractivity contribution >= 4 is 11.6 Å². The lowest BCUT2D eigenvalue weighted by atomic mass is 10.1. The van der Waals surface area contributed by atoms with Gasteiger partial charge in [0.25, 0.3) is 0 Å². The third kappa shape index (κ3) is 5.33. The minimum absolute atomic E-state index is 0.00302. The monoisotopic (exact) mass is 312 g/mol. The lowest BCUT2D eigenvalue weighted by Gasteiger charge is -2.09. The zero-order valence-electron chi connectivity index (χ0n) is 14.0. The molecule has 0 bridgehead atoms. The van der Waals surface area contributed by atoms with Crippen molar-refractivity contribution in [3.63, 3.8) is 0 Å². The molecule has 0 saturated heterocycles. The zero-order valence-corrected chi connectivity index (χ0v) is 14.0. The number of hydrogen-bond donors (Lipinski definition) is 2. The van der Waals surface area contributed by atoms with Crippen molar-refractivity contribution in [1.29, 1.82) is 0 Å². The molecular formula is C19H24N2O2. The van der Waals surface area contributed by atoms with Crippen LogP contribution in [0.5, 0.6) is 5.75 Å². The van der Waals surface area contributed by atoms with Crippen LogP contribution in [0.15, 0.2) is 42.5 Å². The molecule has 4 heteroatoms. The van der Waals surface area contributed by atoms with Gasteiger partial charge in [0, 0.05) is 12.2 Å². The van der Waals surface area contributed by atoms with E-state index >= 15 is 0 Å². The normalized spacial score (nSPS) is 10.2. The van der Waals surface area contributed by atoms with Crippen molar-refractivity contribution < 1.29 is 9.53 Å². The van der Waals surface area contributed by atoms with Crippen LogP contribution in [0.25, 0.3) is 0 Å². The number of aryl methyl sites for hydroxylation is 2. The topological polar surface area (TPSA) is 50.4 Å². The van der Waals surface area contributed by atoms with Crippen molar-refractivity contribution in [2.45, 2.75) is 20.3 Å².